The van der Waals surface area contributed by atoms with Crippen LogP contribution in [0.2, 0.25) is 0 Å². The molecule has 0 aliphatic heterocycles. The summed E-state index contributed by atoms with van der Waals surface area (Å²) in [4.78, 5) is 24.7. The molecule has 0 saturated heterocycles. The number of carbonyl (C=O) groups excluding carboxylic acids is 2. The Hall–Kier alpha value is -2.86. The maximum absolute atomic E-state index is 12.5. The predicted octanol–water partition coefficient (Wildman–Crippen LogP) is 3.53. The number of hydrogen-bond acceptors (Lipinski definition) is 3. The number of amides is 3. The van der Waals surface area contributed by atoms with E-state index in [-0.39, 0.29) is 18.5 Å². The first-order valence-corrected chi connectivity index (χ1v) is 9.47. The van der Waals surface area contributed by atoms with Crippen molar-refractivity contribution in [1.29, 1.82) is 0 Å². The Morgan fingerprint density at radius 1 is 0.964 bits per heavy atom. The van der Waals surface area contributed by atoms with Crippen molar-refractivity contribution in [3.8, 4) is 0 Å². The molecule has 150 valence electrons. The van der Waals surface area contributed by atoms with Gasteiger partial charge >= 0.3 is 6.03 Å². The maximum atomic E-state index is 12.5. The molecule has 0 radical (unpaired) electrons. The van der Waals surface area contributed by atoms with E-state index < -0.39 is 11.6 Å². The van der Waals surface area contributed by atoms with Crippen molar-refractivity contribution in [2.24, 2.45) is 5.73 Å². The number of nitrogens with one attached hydrogen (secondary N) is 3. The first-order chi connectivity index (χ1) is 13.2. The minimum absolute atomic E-state index is 0.283. The number of rotatable bonds is 7. The molecule has 3 amide bonds. The van der Waals surface area contributed by atoms with Crippen LogP contribution in [0.1, 0.15) is 50.8 Å². The van der Waals surface area contributed by atoms with Crippen LogP contribution in [0.25, 0.3) is 0 Å². The molecule has 1 unspecified atom stereocenters. The van der Waals surface area contributed by atoms with Gasteiger partial charge in [-0.1, -0.05) is 56.3 Å². The summed E-state index contributed by atoms with van der Waals surface area (Å²) < 4.78 is 0. The van der Waals surface area contributed by atoms with Gasteiger partial charge in [0.2, 0.25) is 5.91 Å². The lowest BCUT2D eigenvalue weighted by Crippen LogP contribution is -2.56. The van der Waals surface area contributed by atoms with Gasteiger partial charge in [0.05, 0.1) is 0 Å². The SMILES string of the molecule is CC(C)c1ccc(C(N)CNC(=O)C(C)(C)NC(=O)Nc2ccccc2)cc1. The quantitative estimate of drug-likeness (QED) is 0.590. The highest BCUT2D eigenvalue weighted by Crippen LogP contribution is 2.17. The fourth-order valence-corrected chi connectivity index (χ4v) is 2.69. The minimum atomic E-state index is -1.08. The molecule has 0 spiro atoms. The first kappa shape index (κ1) is 21.4. The van der Waals surface area contributed by atoms with Gasteiger partial charge in [-0.3, -0.25) is 4.79 Å². The Labute approximate surface area is 166 Å². The van der Waals surface area contributed by atoms with E-state index in [1.54, 1.807) is 26.0 Å². The summed E-state index contributed by atoms with van der Waals surface area (Å²) in [5.41, 5.74) is 7.98. The lowest BCUT2D eigenvalue weighted by atomic mass is 9.99. The van der Waals surface area contributed by atoms with E-state index in [1.807, 2.05) is 30.3 Å². The number of anilines is 1. The molecule has 0 bridgehead atoms. The molecule has 6 nitrogen and oxygen atoms in total. The smallest absolute Gasteiger partial charge is 0.320 e. The normalized spacial score (nSPS) is 12.4. The molecule has 0 fully saturated rings. The molecule has 2 rings (SSSR count). The van der Waals surface area contributed by atoms with Crippen LogP contribution in [-0.4, -0.2) is 24.0 Å². The topological polar surface area (TPSA) is 96.2 Å². The van der Waals surface area contributed by atoms with Crippen LogP contribution in [0.5, 0.6) is 0 Å². The average molecular weight is 383 g/mol. The van der Waals surface area contributed by atoms with Gasteiger partial charge in [-0.15, -0.1) is 0 Å². The van der Waals surface area contributed by atoms with E-state index in [2.05, 4.69) is 41.9 Å². The Balaban J connectivity index is 1.87. The van der Waals surface area contributed by atoms with E-state index in [1.165, 1.54) is 5.56 Å². The third-order valence-corrected chi connectivity index (χ3v) is 4.54. The summed E-state index contributed by atoms with van der Waals surface area (Å²) in [7, 11) is 0. The Morgan fingerprint density at radius 2 is 1.54 bits per heavy atom. The van der Waals surface area contributed by atoms with Crippen LogP contribution < -0.4 is 21.7 Å². The second kappa shape index (κ2) is 9.37. The molecule has 6 heteroatoms. The molecule has 1 atom stereocenters. The van der Waals surface area contributed by atoms with Crippen LogP contribution in [-0.2, 0) is 4.79 Å². The molecule has 0 heterocycles. The molecular formula is C22H30N4O2. The molecule has 2 aromatic carbocycles. The molecule has 5 N–H and O–H groups in total. The molecule has 2 aromatic rings. The number of carbonyl (C=O) groups is 2. The van der Waals surface area contributed by atoms with E-state index in [9.17, 15) is 9.59 Å². The van der Waals surface area contributed by atoms with E-state index in [4.69, 9.17) is 5.73 Å². The average Bonchev–Trinajstić information content (AvgIpc) is 2.66. The van der Waals surface area contributed by atoms with Gasteiger partial charge in [0, 0.05) is 18.3 Å². The zero-order valence-electron chi connectivity index (χ0n) is 17.0. The molecule has 0 aliphatic rings. The van der Waals surface area contributed by atoms with E-state index in [0.29, 0.717) is 11.6 Å². The summed E-state index contributed by atoms with van der Waals surface area (Å²) in [5, 5.41) is 8.21. The van der Waals surface area contributed by atoms with Gasteiger partial charge < -0.3 is 21.7 Å². The summed E-state index contributed by atoms with van der Waals surface area (Å²) in [6, 6.07) is 16.4. The minimum Gasteiger partial charge on any atom is -0.352 e. The summed E-state index contributed by atoms with van der Waals surface area (Å²) >= 11 is 0. The van der Waals surface area contributed by atoms with Crippen molar-refractivity contribution in [1.82, 2.24) is 10.6 Å². The lowest BCUT2D eigenvalue weighted by Gasteiger charge is -2.26. The van der Waals surface area contributed by atoms with Crippen LogP contribution in [0.3, 0.4) is 0 Å². The number of nitrogens with two attached hydrogens (primary N) is 1. The van der Waals surface area contributed by atoms with Gasteiger partial charge in [0.1, 0.15) is 5.54 Å². The van der Waals surface area contributed by atoms with Gasteiger partial charge in [-0.25, -0.2) is 4.79 Å². The highest BCUT2D eigenvalue weighted by molar-refractivity contribution is 5.95. The van der Waals surface area contributed by atoms with Crippen LogP contribution in [0.15, 0.2) is 54.6 Å². The van der Waals surface area contributed by atoms with E-state index in [0.717, 1.165) is 5.56 Å². The van der Waals surface area contributed by atoms with Crippen molar-refractivity contribution in [3.63, 3.8) is 0 Å². The largest absolute Gasteiger partial charge is 0.352 e. The summed E-state index contributed by atoms with van der Waals surface area (Å²) in [5.74, 6) is 0.156. The predicted molar refractivity (Wildman–Crippen MR) is 113 cm³/mol. The van der Waals surface area contributed by atoms with Crippen molar-refractivity contribution in [2.75, 3.05) is 11.9 Å². The third-order valence-electron chi connectivity index (χ3n) is 4.54. The number of para-hydroxylation sites is 1. The third kappa shape index (κ3) is 6.09. The zero-order valence-corrected chi connectivity index (χ0v) is 17.0. The highest BCUT2D eigenvalue weighted by Gasteiger charge is 2.29. The molecule has 0 aromatic heterocycles. The van der Waals surface area contributed by atoms with Crippen LogP contribution in [0.4, 0.5) is 10.5 Å². The summed E-state index contributed by atoms with van der Waals surface area (Å²) in [6.07, 6.45) is 0. The van der Waals surface area contributed by atoms with Gasteiger partial charge in [0.15, 0.2) is 0 Å². The molecule has 0 saturated carbocycles. The van der Waals surface area contributed by atoms with Crippen molar-refractivity contribution in [2.45, 2.75) is 45.2 Å². The molecular weight excluding hydrogens is 352 g/mol. The van der Waals surface area contributed by atoms with Gasteiger partial charge in [-0.05, 0) is 43.0 Å². The molecule has 0 aliphatic carbocycles. The van der Waals surface area contributed by atoms with Gasteiger partial charge in [0.25, 0.3) is 0 Å². The second-order valence-corrected chi connectivity index (χ2v) is 7.71. The second-order valence-electron chi connectivity index (χ2n) is 7.71. The van der Waals surface area contributed by atoms with Crippen molar-refractivity contribution in [3.05, 3.63) is 65.7 Å². The van der Waals surface area contributed by atoms with E-state index >= 15 is 0 Å². The Bertz CT molecular complexity index is 786. The Morgan fingerprint density at radius 3 is 2.11 bits per heavy atom. The zero-order chi connectivity index (χ0) is 20.7. The monoisotopic (exact) mass is 382 g/mol. The lowest BCUT2D eigenvalue weighted by molar-refractivity contribution is -0.126. The highest BCUT2D eigenvalue weighted by atomic mass is 16.2. The summed E-state index contributed by atoms with van der Waals surface area (Å²) in [6.45, 7) is 7.85. The number of benzene rings is 2. The number of hydrogen-bond donors (Lipinski definition) is 4. The van der Waals surface area contributed by atoms with Crippen LogP contribution >= 0.6 is 0 Å². The van der Waals surface area contributed by atoms with Crippen molar-refractivity contribution >= 4 is 17.6 Å². The first-order valence-electron chi connectivity index (χ1n) is 9.47. The Kier molecular flexibility index (Phi) is 7.18. The van der Waals surface area contributed by atoms with Gasteiger partial charge in [-0.2, -0.15) is 0 Å². The van der Waals surface area contributed by atoms with Crippen molar-refractivity contribution < 1.29 is 9.59 Å². The fraction of sp³-hybridized carbons (Fsp3) is 0.364. The molecule has 28 heavy (non-hydrogen) atoms. The number of urea groups is 1. The fourth-order valence-electron chi connectivity index (χ4n) is 2.69. The standard InChI is InChI=1S/C22H30N4O2/c1-15(2)16-10-12-17(13-11-16)19(23)14-24-20(27)22(3,4)26-21(28)25-18-8-6-5-7-9-18/h5-13,15,19H,14,23H2,1-4H3,(H,24,27)(H2,25,26,28). The maximum Gasteiger partial charge on any atom is 0.320 e. The van der Waals surface area contributed by atoms with Crippen LogP contribution in [0, 0.1) is 0 Å².